The highest BCUT2D eigenvalue weighted by Crippen LogP contribution is 2.38. The maximum atomic E-state index is 11.1. The van der Waals surface area contributed by atoms with Gasteiger partial charge in [0.1, 0.15) is 33.8 Å². The smallest absolute Gasteiger partial charge is 0.152 e. The molecule has 0 bridgehead atoms. The second-order valence-corrected chi connectivity index (χ2v) is 8.20. The molecule has 4 rings (SSSR count). The Morgan fingerprint density at radius 1 is 1.31 bits per heavy atom. The minimum absolute atomic E-state index is 0.0653. The van der Waals surface area contributed by atoms with Crippen LogP contribution in [0.2, 0.25) is 5.02 Å². The zero-order valence-electron chi connectivity index (χ0n) is 15.8. The molecule has 0 aliphatic carbocycles. The van der Waals surface area contributed by atoms with E-state index in [4.69, 9.17) is 21.1 Å². The molecule has 1 atom stereocenters. The summed E-state index contributed by atoms with van der Waals surface area (Å²) in [6, 6.07) is 5.54. The number of nitrogens with zero attached hydrogens (tertiary/aromatic N) is 3. The highest BCUT2D eigenvalue weighted by atomic mass is 35.5. The third-order valence-electron chi connectivity index (χ3n) is 4.77. The lowest BCUT2D eigenvalue weighted by Gasteiger charge is -2.27. The molecule has 0 amide bonds. The van der Waals surface area contributed by atoms with E-state index in [1.807, 2.05) is 23.6 Å². The molecule has 9 heteroatoms. The van der Waals surface area contributed by atoms with E-state index in [1.54, 1.807) is 13.1 Å². The number of halogens is 1. The first-order chi connectivity index (χ1) is 14.0. The Hall–Kier alpha value is -2.26. The van der Waals surface area contributed by atoms with Gasteiger partial charge in [-0.1, -0.05) is 17.7 Å². The van der Waals surface area contributed by atoms with Crippen molar-refractivity contribution in [3.05, 3.63) is 57.9 Å². The van der Waals surface area contributed by atoms with Crippen molar-refractivity contribution in [3.63, 3.8) is 0 Å². The molecule has 3 aromatic rings. The van der Waals surface area contributed by atoms with Crippen molar-refractivity contribution in [2.24, 2.45) is 0 Å². The van der Waals surface area contributed by atoms with E-state index < -0.39 is 5.60 Å². The lowest BCUT2D eigenvalue weighted by atomic mass is 9.96. The van der Waals surface area contributed by atoms with Gasteiger partial charge in [-0.2, -0.15) is 0 Å². The number of thiazole rings is 1. The molecule has 1 saturated heterocycles. The molecule has 3 heterocycles. The number of aromatic nitrogens is 3. The summed E-state index contributed by atoms with van der Waals surface area (Å²) in [5, 5.41) is 17.2. The molecule has 0 spiro atoms. The first-order valence-electron chi connectivity index (χ1n) is 9.28. The van der Waals surface area contributed by atoms with Gasteiger partial charge in [-0.3, -0.25) is 0 Å². The molecule has 1 aliphatic heterocycles. The van der Waals surface area contributed by atoms with E-state index in [9.17, 15) is 5.11 Å². The molecule has 2 N–H and O–H groups in total. The van der Waals surface area contributed by atoms with Crippen molar-refractivity contribution in [2.75, 3.05) is 18.5 Å². The Balaban J connectivity index is 1.69. The van der Waals surface area contributed by atoms with Gasteiger partial charge in [-0.05, 0) is 24.6 Å². The molecule has 1 aliphatic rings. The summed E-state index contributed by atoms with van der Waals surface area (Å²) in [6.07, 6.45) is 6.33. The predicted molar refractivity (Wildman–Crippen MR) is 112 cm³/mol. The van der Waals surface area contributed by atoms with Crippen molar-refractivity contribution in [3.8, 4) is 5.75 Å². The molecule has 0 saturated carbocycles. The fourth-order valence-corrected chi connectivity index (χ4v) is 4.00. The second kappa shape index (κ2) is 8.62. The van der Waals surface area contributed by atoms with Crippen LogP contribution in [-0.2, 0) is 10.3 Å². The lowest BCUT2D eigenvalue weighted by molar-refractivity contribution is 0.0258. The fourth-order valence-electron chi connectivity index (χ4n) is 3.13. The van der Waals surface area contributed by atoms with E-state index in [1.165, 1.54) is 23.9 Å². The maximum absolute atomic E-state index is 11.1. The fraction of sp³-hybridized carbons (Fsp3) is 0.350. The average Bonchev–Trinajstić information content (AvgIpc) is 3.27. The summed E-state index contributed by atoms with van der Waals surface area (Å²) in [6.45, 7) is 3.09. The van der Waals surface area contributed by atoms with Crippen LogP contribution in [-0.4, -0.2) is 39.4 Å². The number of hydrogen-bond acceptors (Lipinski definition) is 8. The minimum atomic E-state index is -1.24. The summed E-state index contributed by atoms with van der Waals surface area (Å²) in [5.74, 6) is 1.12. The third kappa shape index (κ3) is 4.51. The van der Waals surface area contributed by atoms with Crippen molar-refractivity contribution in [1.29, 1.82) is 0 Å². The molecule has 0 radical (unpaired) electrons. The average molecular weight is 433 g/mol. The van der Waals surface area contributed by atoms with Crippen molar-refractivity contribution in [1.82, 2.24) is 15.0 Å². The van der Waals surface area contributed by atoms with Gasteiger partial charge in [0.15, 0.2) is 5.82 Å². The Kier molecular flexibility index (Phi) is 5.96. The number of benzene rings is 1. The van der Waals surface area contributed by atoms with Gasteiger partial charge in [0.05, 0.1) is 25.1 Å². The summed E-state index contributed by atoms with van der Waals surface area (Å²) in [4.78, 5) is 12.4. The standard InChI is InChI=1S/C20H21ClN4O3S/c1-20(26,19-23-6-9-29-19)13-2-3-17(28-14-4-7-27-8-5-14)16(10-13)25-18-15(21)11-22-12-24-18/h2-3,6,9-12,14,26H,4-5,7-8H2,1H3,(H,22,24,25). The summed E-state index contributed by atoms with van der Waals surface area (Å²) in [5.41, 5.74) is 0.1000. The number of ether oxygens (including phenoxy) is 2. The van der Waals surface area contributed by atoms with Crippen LogP contribution in [0.3, 0.4) is 0 Å². The Labute approximate surface area is 177 Å². The summed E-state index contributed by atoms with van der Waals surface area (Å²) < 4.78 is 11.6. The van der Waals surface area contributed by atoms with Crippen LogP contribution in [0.15, 0.2) is 42.3 Å². The monoisotopic (exact) mass is 432 g/mol. The van der Waals surface area contributed by atoms with E-state index in [0.29, 0.717) is 46.1 Å². The van der Waals surface area contributed by atoms with Crippen LogP contribution in [0, 0.1) is 0 Å². The van der Waals surface area contributed by atoms with Gasteiger partial charge in [0.2, 0.25) is 0 Å². The van der Waals surface area contributed by atoms with E-state index >= 15 is 0 Å². The van der Waals surface area contributed by atoms with Crippen LogP contribution in [0.4, 0.5) is 11.5 Å². The number of hydrogen-bond donors (Lipinski definition) is 2. The van der Waals surface area contributed by atoms with Gasteiger partial charge >= 0.3 is 0 Å². The lowest BCUT2D eigenvalue weighted by Crippen LogP contribution is -2.26. The molecular formula is C20H21ClN4O3S. The summed E-state index contributed by atoms with van der Waals surface area (Å²) >= 11 is 7.63. The van der Waals surface area contributed by atoms with Crippen LogP contribution in [0.25, 0.3) is 0 Å². The highest BCUT2D eigenvalue weighted by Gasteiger charge is 2.30. The summed E-state index contributed by atoms with van der Waals surface area (Å²) in [7, 11) is 0. The normalized spacial score (nSPS) is 16.9. The van der Waals surface area contributed by atoms with Crippen molar-refractivity contribution >= 4 is 34.4 Å². The Bertz CT molecular complexity index is 962. The zero-order chi connectivity index (χ0) is 20.3. The van der Waals surface area contributed by atoms with Crippen LogP contribution in [0.5, 0.6) is 5.75 Å². The van der Waals surface area contributed by atoms with Crippen LogP contribution < -0.4 is 10.1 Å². The van der Waals surface area contributed by atoms with E-state index in [2.05, 4.69) is 20.3 Å². The Morgan fingerprint density at radius 2 is 2.14 bits per heavy atom. The largest absolute Gasteiger partial charge is 0.488 e. The second-order valence-electron chi connectivity index (χ2n) is 6.89. The molecule has 2 aromatic heterocycles. The maximum Gasteiger partial charge on any atom is 0.152 e. The van der Waals surface area contributed by atoms with Gasteiger partial charge < -0.3 is 19.9 Å². The van der Waals surface area contributed by atoms with Gasteiger partial charge in [0.25, 0.3) is 0 Å². The molecule has 29 heavy (non-hydrogen) atoms. The number of rotatable bonds is 6. The van der Waals surface area contributed by atoms with Crippen molar-refractivity contribution in [2.45, 2.75) is 31.5 Å². The Morgan fingerprint density at radius 3 is 2.86 bits per heavy atom. The SMILES string of the molecule is CC(O)(c1ccc(OC2CCOCC2)c(Nc2ncncc2Cl)c1)c1nccs1. The predicted octanol–water partition coefficient (Wildman–Crippen LogP) is 4.14. The van der Waals surface area contributed by atoms with Gasteiger partial charge in [0, 0.05) is 24.4 Å². The molecule has 7 nitrogen and oxygen atoms in total. The zero-order valence-corrected chi connectivity index (χ0v) is 17.4. The first kappa shape index (κ1) is 20.0. The number of nitrogens with one attached hydrogen (secondary N) is 1. The minimum Gasteiger partial charge on any atom is -0.488 e. The quantitative estimate of drug-likeness (QED) is 0.604. The van der Waals surface area contributed by atoms with Crippen molar-refractivity contribution < 1.29 is 14.6 Å². The first-order valence-corrected chi connectivity index (χ1v) is 10.5. The topological polar surface area (TPSA) is 89.4 Å². The molecule has 1 aromatic carbocycles. The molecule has 1 unspecified atom stereocenters. The highest BCUT2D eigenvalue weighted by molar-refractivity contribution is 7.09. The molecular weight excluding hydrogens is 412 g/mol. The van der Waals surface area contributed by atoms with E-state index in [0.717, 1.165) is 12.8 Å². The molecule has 152 valence electrons. The van der Waals surface area contributed by atoms with Crippen LogP contribution >= 0.6 is 22.9 Å². The number of aliphatic hydroxyl groups is 1. The van der Waals surface area contributed by atoms with Gasteiger partial charge in [-0.15, -0.1) is 11.3 Å². The van der Waals surface area contributed by atoms with E-state index in [-0.39, 0.29) is 6.10 Å². The number of anilines is 2. The van der Waals surface area contributed by atoms with Crippen LogP contribution in [0.1, 0.15) is 30.3 Å². The molecule has 1 fully saturated rings. The van der Waals surface area contributed by atoms with Gasteiger partial charge in [-0.25, -0.2) is 15.0 Å². The third-order valence-corrected chi connectivity index (χ3v) is 6.03.